The van der Waals surface area contributed by atoms with Crippen LogP contribution in [0, 0.1) is 17.2 Å². The molecule has 0 N–H and O–H groups in total. The Morgan fingerprint density at radius 1 is 1.20 bits per heavy atom. The topological polar surface area (TPSA) is 67.7 Å². The first-order valence-corrected chi connectivity index (χ1v) is 8.68. The van der Waals surface area contributed by atoms with Crippen molar-refractivity contribution in [1.82, 2.24) is 9.80 Å². The Kier molecular flexibility index (Phi) is 6.96. The van der Waals surface area contributed by atoms with Gasteiger partial charge in [0.1, 0.15) is 0 Å². The van der Waals surface area contributed by atoms with Crippen LogP contribution in [0.1, 0.15) is 19.3 Å². The zero-order valence-electron chi connectivity index (χ0n) is 15.0. The van der Waals surface area contributed by atoms with E-state index >= 15 is 0 Å². The highest BCUT2D eigenvalue weighted by Crippen LogP contribution is 2.20. The van der Waals surface area contributed by atoms with Crippen molar-refractivity contribution in [1.29, 1.82) is 5.26 Å². The zero-order valence-corrected chi connectivity index (χ0v) is 15.0. The van der Waals surface area contributed by atoms with Gasteiger partial charge in [-0.25, -0.2) is 0 Å². The number of piperidine rings is 1. The molecule has 1 aromatic rings. The number of carbonyl (C=O) groups excluding carboxylic acids is 2. The van der Waals surface area contributed by atoms with Gasteiger partial charge in [-0.05, 0) is 38.1 Å². The number of rotatable bonds is 6. The highest BCUT2D eigenvalue weighted by Gasteiger charge is 2.28. The third-order valence-corrected chi connectivity index (χ3v) is 4.55. The maximum Gasteiger partial charge on any atom is 0.241 e. The minimum Gasteiger partial charge on any atom is -0.349 e. The van der Waals surface area contributed by atoms with Gasteiger partial charge in [0, 0.05) is 32.2 Å². The average molecular weight is 342 g/mol. The van der Waals surface area contributed by atoms with Crippen molar-refractivity contribution < 1.29 is 9.59 Å². The normalized spacial score (nSPS) is 15.4. The number of carbonyl (C=O) groups is 2. The number of benzene rings is 1. The van der Waals surface area contributed by atoms with Crippen LogP contribution in [0.15, 0.2) is 30.3 Å². The third kappa shape index (κ3) is 5.30. The molecular weight excluding hydrogens is 316 g/mol. The summed E-state index contributed by atoms with van der Waals surface area (Å²) in [5.74, 6) is 0.231. The molecule has 6 nitrogen and oxygen atoms in total. The third-order valence-electron chi connectivity index (χ3n) is 4.55. The summed E-state index contributed by atoms with van der Waals surface area (Å²) in [6.45, 7) is 2.21. The molecule has 1 aliphatic heterocycles. The van der Waals surface area contributed by atoms with Gasteiger partial charge in [-0.2, -0.15) is 5.26 Å². The van der Waals surface area contributed by atoms with E-state index in [0.29, 0.717) is 19.5 Å². The van der Waals surface area contributed by atoms with E-state index in [1.165, 1.54) is 0 Å². The molecule has 134 valence electrons. The lowest BCUT2D eigenvalue weighted by atomic mass is 9.95. The fourth-order valence-corrected chi connectivity index (χ4v) is 3.15. The number of anilines is 1. The van der Waals surface area contributed by atoms with Crippen LogP contribution >= 0.6 is 0 Å². The van der Waals surface area contributed by atoms with Crippen LogP contribution in [-0.4, -0.2) is 61.9 Å². The standard InChI is InChI=1S/C19H26N4O2/c1-21(2)19(25)16-9-13-22(14-10-16)15-18(24)23(12-6-11-20)17-7-4-3-5-8-17/h3-5,7-8,16H,6,9-10,12-15H2,1-2H3. The van der Waals surface area contributed by atoms with Crippen molar-refractivity contribution in [3.63, 3.8) is 0 Å². The summed E-state index contributed by atoms with van der Waals surface area (Å²) in [5, 5.41) is 8.86. The number of nitriles is 1. The van der Waals surface area contributed by atoms with Gasteiger partial charge >= 0.3 is 0 Å². The molecule has 0 atom stereocenters. The van der Waals surface area contributed by atoms with Crippen LogP contribution < -0.4 is 4.90 Å². The fourth-order valence-electron chi connectivity index (χ4n) is 3.15. The number of likely N-dealkylation sites (tertiary alicyclic amines) is 1. The molecule has 1 aromatic carbocycles. The molecule has 2 amide bonds. The van der Waals surface area contributed by atoms with E-state index in [9.17, 15) is 9.59 Å². The molecule has 0 aromatic heterocycles. The van der Waals surface area contributed by atoms with Gasteiger partial charge in [0.05, 0.1) is 19.0 Å². The first-order valence-electron chi connectivity index (χ1n) is 8.68. The molecule has 1 saturated heterocycles. The number of para-hydroxylation sites is 1. The van der Waals surface area contributed by atoms with E-state index in [0.717, 1.165) is 31.6 Å². The summed E-state index contributed by atoms with van der Waals surface area (Å²) in [6, 6.07) is 11.6. The summed E-state index contributed by atoms with van der Waals surface area (Å²) in [4.78, 5) is 30.2. The van der Waals surface area contributed by atoms with Gasteiger partial charge in [-0.15, -0.1) is 0 Å². The summed E-state index contributed by atoms with van der Waals surface area (Å²) in [6.07, 6.45) is 1.88. The van der Waals surface area contributed by atoms with Crippen LogP contribution in [0.2, 0.25) is 0 Å². The van der Waals surface area contributed by atoms with Crippen LogP contribution in [-0.2, 0) is 9.59 Å². The van der Waals surface area contributed by atoms with Gasteiger partial charge in [-0.1, -0.05) is 18.2 Å². The summed E-state index contributed by atoms with van der Waals surface area (Å²) >= 11 is 0. The summed E-state index contributed by atoms with van der Waals surface area (Å²) < 4.78 is 0. The Morgan fingerprint density at radius 2 is 1.84 bits per heavy atom. The van der Waals surface area contributed by atoms with E-state index in [1.54, 1.807) is 23.9 Å². The van der Waals surface area contributed by atoms with Crippen LogP contribution in [0.3, 0.4) is 0 Å². The van der Waals surface area contributed by atoms with Crippen LogP contribution in [0.4, 0.5) is 5.69 Å². The molecule has 0 saturated carbocycles. The first kappa shape index (κ1) is 18.9. The lowest BCUT2D eigenvalue weighted by Crippen LogP contribution is -2.45. The second-order valence-corrected chi connectivity index (χ2v) is 6.57. The predicted octanol–water partition coefficient (Wildman–Crippen LogP) is 1.73. The Morgan fingerprint density at radius 3 is 2.40 bits per heavy atom. The van der Waals surface area contributed by atoms with E-state index in [1.807, 2.05) is 30.3 Å². The minimum atomic E-state index is -0.00108. The highest BCUT2D eigenvalue weighted by atomic mass is 16.2. The van der Waals surface area contributed by atoms with Gasteiger partial charge in [0.15, 0.2) is 0 Å². The van der Waals surface area contributed by atoms with Crippen molar-refractivity contribution in [3.05, 3.63) is 30.3 Å². The molecule has 0 spiro atoms. The molecule has 0 radical (unpaired) electrons. The molecule has 6 heteroatoms. The molecule has 0 bridgehead atoms. The molecule has 1 heterocycles. The Hall–Kier alpha value is -2.39. The molecule has 0 unspecified atom stereocenters. The zero-order chi connectivity index (χ0) is 18.2. The SMILES string of the molecule is CN(C)C(=O)C1CCN(CC(=O)N(CCC#N)c2ccccc2)CC1. The molecule has 0 aliphatic carbocycles. The summed E-state index contributed by atoms with van der Waals surface area (Å²) in [7, 11) is 3.57. The van der Waals surface area contributed by atoms with Gasteiger partial charge in [-0.3, -0.25) is 14.5 Å². The van der Waals surface area contributed by atoms with Crippen molar-refractivity contribution in [2.75, 3.05) is 45.2 Å². The van der Waals surface area contributed by atoms with Gasteiger partial charge in [0.25, 0.3) is 0 Å². The minimum absolute atomic E-state index is 0.00108. The Balaban J connectivity index is 1.93. The molecule has 1 aliphatic rings. The molecular formula is C19H26N4O2. The Labute approximate surface area is 149 Å². The highest BCUT2D eigenvalue weighted by molar-refractivity contribution is 5.94. The second-order valence-electron chi connectivity index (χ2n) is 6.57. The molecule has 25 heavy (non-hydrogen) atoms. The first-order chi connectivity index (χ1) is 12.0. The van der Waals surface area contributed by atoms with E-state index in [2.05, 4.69) is 11.0 Å². The number of hydrogen-bond acceptors (Lipinski definition) is 4. The van der Waals surface area contributed by atoms with Crippen LogP contribution in [0.5, 0.6) is 0 Å². The van der Waals surface area contributed by atoms with E-state index < -0.39 is 0 Å². The lowest BCUT2D eigenvalue weighted by molar-refractivity contribution is -0.134. The maximum atomic E-state index is 12.7. The quantitative estimate of drug-likeness (QED) is 0.790. The lowest BCUT2D eigenvalue weighted by Gasteiger charge is -2.33. The van der Waals surface area contributed by atoms with E-state index in [4.69, 9.17) is 5.26 Å². The fraction of sp³-hybridized carbons (Fsp3) is 0.526. The number of amides is 2. The van der Waals surface area contributed by atoms with Crippen LogP contribution in [0.25, 0.3) is 0 Å². The van der Waals surface area contributed by atoms with Crippen molar-refractivity contribution >= 4 is 17.5 Å². The number of nitrogens with zero attached hydrogens (tertiary/aromatic N) is 4. The van der Waals surface area contributed by atoms with Crippen molar-refractivity contribution in [2.24, 2.45) is 5.92 Å². The molecule has 1 fully saturated rings. The molecule has 2 rings (SSSR count). The second kappa shape index (κ2) is 9.19. The average Bonchev–Trinajstić information content (AvgIpc) is 2.63. The summed E-state index contributed by atoms with van der Waals surface area (Å²) in [5.41, 5.74) is 0.820. The van der Waals surface area contributed by atoms with Gasteiger partial charge in [0.2, 0.25) is 11.8 Å². The number of hydrogen-bond donors (Lipinski definition) is 0. The van der Waals surface area contributed by atoms with E-state index in [-0.39, 0.29) is 17.7 Å². The van der Waals surface area contributed by atoms with Crippen molar-refractivity contribution in [3.8, 4) is 6.07 Å². The Bertz CT molecular complexity index is 616. The predicted molar refractivity (Wildman–Crippen MR) is 96.9 cm³/mol. The van der Waals surface area contributed by atoms with Crippen molar-refractivity contribution in [2.45, 2.75) is 19.3 Å². The monoisotopic (exact) mass is 342 g/mol. The largest absolute Gasteiger partial charge is 0.349 e. The maximum absolute atomic E-state index is 12.7. The smallest absolute Gasteiger partial charge is 0.241 e. The van der Waals surface area contributed by atoms with Gasteiger partial charge < -0.3 is 9.80 Å².